The summed E-state index contributed by atoms with van der Waals surface area (Å²) in [4.78, 5) is 25.2. The normalized spacial score (nSPS) is 22.3. The zero-order chi connectivity index (χ0) is 30.1. The van der Waals surface area contributed by atoms with E-state index in [0.29, 0.717) is 5.56 Å². The van der Waals surface area contributed by atoms with Crippen molar-refractivity contribution in [2.75, 3.05) is 0 Å². The van der Waals surface area contributed by atoms with Crippen LogP contribution in [0.2, 0.25) is 0 Å². The minimum Gasteiger partial charge on any atom is -0.508 e. The topological polar surface area (TPSA) is 196 Å². The molecule has 1 aliphatic heterocycles. The number of aromatic hydroxyl groups is 4. The van der Waals surface area contributed by atoms with Crippen molar-refractivity contribution in [3.8, 4) is 40.1 Å². The third-order valence-electron chi connectivity index (χ3n) is 6.62. The fourth-order valence-corrected chi connectivity index (χ4v) is 4.43. The number of ether oxygens (including phenoxy) is 3. The number of phenols is 4. The van der Waals surface area contributed by atoms with E-state index in [1.54, 1.807) is 12.1 Å². The first-order valence-electron chi connectivity index (χ1n) is 12.7. The molecule has 12 nitrogen and oxygen atoms in total. The van der Waals surface area contributed by atoms with Gasteiger partial charge in [0.15, 0.2) is 23.0 Å². The van der Waals surface area contributed by atoms with Crippen LogP contribution < -0.4 is 10.2 Å². The van der Waals surface area contributed by atoms with Crippen molar-refractivity contribution in [3.05, 3.63) is 82.5 Å². The number of aliphatic hydroxyl groups excluding tert-OH is 2. The Hall–Kier alpha value is -5.04. The first-order valence-corrected chi connectivity index (χ1v) is 12.7. The van der Waals surface area contributed by atoms with E-state index >= 15 is 0 Å². The Labute approximate surface area is 237 Å². The van der Waals surface area contributed by atoms with E-state index in [-0.39, 0.29) is 45.3 Å². The Morgan fingerprint density at radius 1 is 0.881 bits per heavy atom. The van der Waals surface area contributed by atoms with Gasteiger partial charge in [0.2, 0.25) is 6.29 Å². The predicted molar refractivity (Wildman–Crippen MR) is 147 cm³/mol. The number of benzene rings is 3. The number of carbonyl (C=O) groups excluding carboxylic acids is 1. The lowest BCUT2D eigenvalue weighted by molar-refractivity contribution is -0.272. The van der Waals surface area contributed by atoms with Gasteiger partial charge >= 0.3 is 5.97 Å². The molecule has 1 aromatic heterocycles. The molecule has 0 radical (unpaired) electrons. The van der Waals surface area contributed by atoms with Gasteiger partial charge in [0.1, 0.15) is 46.2 Å². The second-order valence-electron chi connectivity index (χ2n) is 9.63. The van der Waals surface area contributed by atoms with E-state index in [4.69, 9.17) is 18.6 Å². The van der Waals surface area contributed by atoms with Crippen LogP contribution in [0.4, 0.5) is 0 Å². The van der Waals surface area contributed by atoms with Crippen molar-refractivity contribution in [2.45, 2.75) is 37.6 Å². The zero-order valence-corrected chi connectivity index (χ0v) is 21.9. The summed E-state index contributed by atoms with van der Waals surface area (Å²) in [7, 11) is 0. The molecule has 0 amide bonds. The molecular weight excluding hydrogens is 552 g/mol. The summed E-state index contributed by atoms with van der Waals surface area (Å²) >= 11 is 0. The summed E-state index contributed by atoms with van der Waals surface area (Å²) in [5.41, 5.74) is 0.159. The molecule has 1 aliphatic rings. The smallest absolute Gasteiger partial charge is 0.331 e. The molecule has 5 atom stereocenters. The quantitative estimate of drug-likeness (QED) is 0.145. The summed E-state index contributed by atoms with van der Waals surface area (Å²) in [5.74, 6) is -2.18. The van der Waals surface area contributed by atoms with Crippen LogP contribution in [0.15, 0.2) is 76.0 Å². The van der Waals surface area contributed by atoms with Crippen LogP contribution in [0.3, 0.4) is 0 Å². The summed E-state index contributed by atoms with van der Waals surface area (Å²) in [6.07, 6.45) is -4.51. The lowest BCUT2D eigenvalue weighted by atomic mass is 9.99. The Bertz CT molecular complexity index is 1710. The standard InChI is InChI=1S/C30H26O12/c1-14-27(37)28(38)29(42-25(36)9-4-15-2-6-17(31)7-3-15)30(39-14)41-23-10-16(5-8-19(23)33)22-13-21(35)26-20(34)11-18(32)12-24(26)40-22/h2-14,27-34,37-38H,1H3/b9-4+/t14-,27-,28+,29+,30-/m0/s1. The molecule has 0 saturated carbocycles. The highest BCUT2D eigenvalue weighted by atomic mass is 16.7. The number of hydrogen-bond donors (Lipinski definition) is 6. The highest BCUT2D eigenvalue weighted by molar-refractivity contribution is 5.87. The van der Waals surface area contributed by atoms with E-state index in [1.165, 1.54) is 43.3 Å². The van der Waals surface area contributed by atoms with Crippen LogP contribution in [-0.2, 0) is 14.3 Å². The van der Waals surface area contributed by atoms with E-state index in [9.17, 15) is 40.2 Å². The minimum absolute atomic E-state index is 0.0121. The van der Waals surface area contributed by atoms with Crippen molar-refractivity contribution < 1.29 is 54.1 Å². The molecule has 4 aromatic rings. The maximum Gasteiger partial charge on any atom is 0.331 e. The van der Waals surface area contributed by atoms with Gasteiger partial charge in [-0.25, -0.2) is 4.79 Å². The molecule has 42 heavy (non-hydrogen) atoms. The molecule has 0 spiro atoms. The molecule has 6 N–H and O–H groups in total. The van der Waals surface area contributed by atoms with Crippen LogP contribution >= 0.6 is 0 Å². The van der Waals surface area contributed by atoms with Crippen LogP contribution in [0.25, 0.3) is 28.4 Å². The van der Waals surface area contributed by atoms with Crippen LogP contribution in [0, 0.1) is 0 Å². The van der Waals surface area contributed by atoms with Gasteiger partial charge in [-0.15, -0.1) is 0 Å². The van der Waals surface area contributed by atoms with Gasteiger partial charge in [-0.05, 0) is 48.9 Å². The van der Waals surface area contributed by atoms with Gasteiger partial charge in [0.05, 0.1) is 6.10 Å². The summed E-state index contributed by atoms with van der Waals surface area (Å²) in [5, 5.41) is 60.7. The van der Waals surface area contributed by atoms with Crippen molar-refractivity contribution in [2.24, 2.45) is 0 Å². The van der Waals surface area contributed by atoms with Crippen molar-refractivity contribution in [1.82, 2.24) is 0 Å². The van der Waals surface area contributed by atoms with E-state index in [1.807, 2.05) is 0 Å². The van der Waals surface area contributed by atoms with Gasteiger partial charge in [-0.3, -0.25) is 4.79 Å². The van der Waals surface area contributed by atoms with Gasteiger partial charge < -0.3 is 49.3 Å². The van der Waals surface area contributed by atoms with E-state index < -0.39 is 47.9 Å². The van der Waals surface area contributed by atoms with Gasteiger partial charge in [-0.1, -0.05) is 12.1 Å². The van der Waals surface area contributed by atoms with Crippen LogP contribution in [0.5, 0.6) is 28.7 Å². The molecule has 1 fully saturated rings. The van der Waals surface area contributed by atoms with E-state index in [0.717, 1.165) is 24.3 Å². The van der Waals surface area contributed by atoms with Gasteiger partial charge in [-0.2, -0.15) is 0 Å². The Balaban J connectivity index is 1.42. The summed E-state index contributed by atoms with van der Waals surface area (Å²) in [6.45, 7) is 1.47. The third-order valence-corrected chi connectivity index (χ3v) is 6.62. The second-order valence-corrected chi connectivity index (χ2v) is 9.63. The number of rotatable bonds is 6. The third kappa shape index (κ3) is 5.86. The SMILES string of the molecule is C[C@@H]1O[C@@H](Oc2cc(-c3cc(=O)c4c(O)cc(O)cc4o3)ccc2O)[C@H](OC(=O)/C=C/c2ccc(O)cc2)[C@H](O)[C@H]1O. The molecular formula is C30H26O12. The maximum absolute atomic E-state index is 12.7. The molecule has 5 rings (SSSR count). The van der Waals surface area contributed by atoms with Gasteiger partial charge in [0, 0.05) is 29.8 Å². The lowest BCUT2D eigenvalue weighted by Crippen LogP contribution is -2.59. The number of carbonyl (C=O) groups is 1. The zero-order valence-electron chi connectivity index (χ0n) is 21.9. The minimum atomic E-state index is -1.62. The van der Waals surface area contributed by atoms with Crippen molar-refractivity contribution in [3.63, 3.8) is 0 Å². The highest BCUT2D eigenvalue weighted by Crippen LogP contribution is 2.36. The Morgan fingerprint density at radius 2 is 1.62 bits per heavy atom. The predicted octanol–water partition coefficient (Wildman–Crippen LogP) is 2.75. The monoisotopic (exact) mass is 578 g/mol. The van der Waals surface area contributed by atoms with Crippen molar-refractivity contribution >= 4 is 23.0 Å². The summed E-state index contributed by atoms with van der Waals surface area (Å²) in [6, 6.07) is 13.2. The molecule has 1 saturated heterocycles. The molecule has 0 bridgehead atoms. The van der Waals surface area contributed by atoms with Crippen LogP contribution in [0.1, 0.15) is 12.5 Å². The number of esters is 1. The molecule has 0 unspecified atom stereocenters. The molecule has 0 aliphatic carbocycles. The van der Waals surface area contributed by atoms with E-state index in [2.05, 4.69) is 0 Å². The number of fused-ring (bicyclic) bond motifs is 1. The highest BCUT2D eigenvalue weighted by Gasteiger charge is 2.46. The van der Waals surface area contributed by atoms with Crippen molar-refractivity contribution in [1.29, 1.82) is 0 Å². The number of phenolic OH excluding ortho intramolecular Hbond substituents is 4. The van der Waals surface area contributed by atoms with Crippen LogP contribution in [-0.4, -0.2) is 67.3 Å². The number of hydrogen-bond acceptors (Lipinski definition) is 12. The fourth-order valence-electron chi connectivity index (χ4n) is 4.43. The fraction of sp³-hybridized carbons (Fsp3) is 0.200. The first kappa shape index (κ1) is 28.5. The number of aliphatic hydroxyl groups is 2. The Kier molecular flexibility index (Phi) is 7.77. The second kappa shape index (κ2) is 11.4. The molecule has 12 heteroatoms. The average molecular weight is 579 g/mol. The molecule has 218 valence electrons. The average Bonchev–Trinajstić information content (AvgIpc) is 2.94. The maximum atomic E-state index is 12.7. The van der Waals surface area contributed by atoms with Gasteiger partial charge in [0.25, 0.3) is 0 Å². The summed E-state index contributed by atoms with van der Waals surface area (Å²) < 4.78 is 22.6. The first-order chi connectivity index (χ1) is 20.0. The molecule has 2 heterocycles. The lowest BCUT2D eigenvalue weighted by Gasteiger charge is -2.40. The molecule has 3 aromatic carbocycles. The Morgan fingerprint density at radius 3 is 2.36 bits per heavy atom. The largest absolute Gasteiger partial charge is 0.508 e.